The molecule has 1 aromatic carbocycles. The van der Waals surface area contributed by atoms with E-state index in [9.17, 15) is 14.4 Å². The second-order valence-corrected chi connectivity index (χ2v) is 9.63. The smallest absolute Gasteiger partial charge is 0.313 e. The normalized spacial score (nSPS) is 21.5. The molecule has 2 aliphatic rings. The van der Waals surface area contributed by atoms with E-state index in [0.29, 0.717) is 23.6 Å². The summed E-state index contributed by atoms with van der Waals surface area (Å²) >= 11 is 0. The van der Waals surface area contributed by atoms with Crippen LogP contribution in [-0.2, 0) is 14.4 Å². The molecule has 0 unspecified atom stereocenters. The lowest BCUT2D eigenvalue weighted by Gasteiger charge is -2.46. The number of pyridine rings is 1. The third kappa shape index (κ3) is 4.55. The van der Waals surface area contributed by atoms with Crippen LogP contribution in [0.4, 0.5) is 11.5 Å². The van der Waals surface area contributed by atoms with Crippen molar-refractivity contribution in [3.63, 3.8) is 0 Å². The van der Waals surface area contributed by atoms with E-state index in [1.165, 1.54) is 6.20 Å². The standard InChI is InChI=1S/C25H31N5O3/c1-15-6-5-7-18(10-15)20-14-29(24(33)25(4)8-9-25)17(3)13-30(20)23(32)22(31)28-19-11-16(2)21(26)27-12-19/h5-7,10-12,17,20H,8-9,13-14H2,1-4H3,(H2,26,27)(H,28,31)/t17-,20-/m1/s1. The van der Waals surface area contributed by atoms with E-state index in [4.69, 9.17) is 5.73 Å². The van der Waals surface area contributed by atoms with Crippen molar-refractivity contribution in [3.05, 3.63) is 53.2 Å². The van der Waals surface area contributed by atoms with E-state index in [0.717, 1.165) is 24.0 Å². The largest absolute Gasteiger partial charge is 0.383 e. The summed E-state index contributed by atoms with van der Waals surface area (Å²) in [6.45, 7) is 8.34. The average Bonchev–Trinajstić information content (AvgIpc) is 3.53. The molecule has 2 fully saturated rings. The predicted octanol–water partition coefficient (Wildman–Crippen LogP) is 2.82. The number of piperazine rings is 1. The minimum atomic E-state index is -0.736. The van der Waals surface area contributed by atoms with Gasteiger partial charge >= 0.3 is 11.8 Å². The van der Waals surface area contributed by atoms with Crippen molar-refractivity contribution in [2.75, 3.05) is 24.1 Å². The van der Waals surface area contributed by atoms with E-state index in [-0.39, 0.29) is 23.9 Å². The molecular formula is C25H31N5O3. The van der Waals surface area contributed by atoms with Crippen LogP contribution < -0.4 is 11.1 Å². The van der Waals surface area contributed by atoms with Crippen molar-refractivity contribution in [1.29, 1.82) is 0 Å². The van der Waals surface area contributed by atoms with Crippen molar-refractivity contribution in [2.24, 2.45) is 5.41 Å². The molecule has 2 aromatic rings. The van der Waals surface area contributed by atoms with Crippen LogP contribution in [0.1, 0.15) is 49.4 Å². The second kappa shape index (κ2) is 8.50. The van der Waals surface area contributed by atoms with Crippen LogP contribution in [0.3, 0.4) is 0 Å². The van der Waals surface area contributed by atoms with E-state index >= 15 is 0 Å². The highest BCUT2D eigenvalue weighted by atomic mass is 16.2. The highest BCUT2D eigenvalue weighted by Crippen LogP contribution is 2.47. The van der Waals surface area contributed by atoms with Crippen LogP contribution in [0.2, 0.25) is 0 Å². The monoisotopic (exact) mass is 449 g/mol. The van der Waals surface area contributed by atoms with Gasteiger partial charge in [-0.25, -0.2) is 4.98 Å². The van der Waals surface area contributed by atoms with E-state index in [2.05, 4.69) is 10.3 Å². The maximum Gasteiger partial charge on any atom is 0.313 e. The zero-order valence-corrected chi connectivity index (χ0v) is 19.6. The van der Waals surface area contributed by atoms with Crippen LogP contribution >= 0.6 is 0 Å². The molecule has 4 rings (SSSR count). The number of aryl methyl sites for hydroxylation is 2. The van der Waals surface area contributed by atoms with Gasteiger partial charge in [0.25, 0.3) is 0 Å². The number of benzene rings is 1. The summed E-state index contributed by atoms with van der Waals surface area (Å²) in [4.78, 5) is 46.9. The Morgan fingerprint density at radius 3 is 2.48 bits per heavy atom. The zero-order chi connectivity index (χ0) is 23.9. The fraction of sp³-hybridized carbons (Fsp3) is 0.440. The molecule has 1 aromatic heterocycles. The number of nitrogen functional groups attached to an aromatic ring is 1. The summed E-state index contributed by atoms with van der Waals surface area (Å²) in [5.41, 5.74) is 8.54. The van der Waals surface area contributed by atoms with Gasteiger partial charge in [-0.1, -0.05) is 36.8 Å². The van der Waals surface area contributed by atoms with Crippen molar-refractivity contribution in [3.8, 4) is 0 Å². The summed E-state index contributed by atoms with van der Waals surface area (Å²) in [5.74, 6) is -0.863. The number of hydrogen-bond donors (Lipinski definition) is 2. The zero-order valence-electron chi connectivity index (χ0n) is 19.6. The Labute approximate surface area is 194 Å². The molecule has 0 radical (unpaired) electrons. The third-order valence-electron chi connectivity index (χ3n) is 6.77. The Morgan fingerprint density at radius 1 is 1.12 bits per heavy atom. The number of nitrogens with one attached hydrogen (secondary N) is 1. The molecule has 8 nitrogen and oxygen atoms in total. The van der Waals surface area contributed by atoms with Crippen LogP contribution in [-0.4, -0.2) is 51.6 Å². The molecule has 0 spiro atoms. The molecule has 1 aliphatic heterocycles. The van der Waals surface area contributed by atoms with Gasteiger partial charge in [0, 0.05) is 24.5 Å². The van der Waals surface area contributed by atoms with Gasteiger partial charge in [-0.3, -0.25) is 14.4 Å². The topological polar surface area (TPSA) is 109 Å². The number of carbonyl (C=O) groups excluding carboxylic acids is 3. The molecule has 3 amide bonds. The Hall–Kier alpha value is -3.42. The molecule has 2 atom stereocenters. The lowest BCUT2D eigenvalue weighted by atomic mass is 9.96. The van der Waals surface area contributed by atoms with E-state index < -0.39 is 17.9 Å². The van der Waals surface area contributed by atoms with Crippen molar-refractivity contribution >= 4 is 29.2 Å². The number of carbonyl (C=O) groups is 3. The molecule has 1 saturated heterocycles. The SMILES string of the molecule is Cc1cccc([C@H]2CN(C(=O)C3(C)CC3)[C@H](C)CN2C(=O)C(=O)Nc2cnc(N)c(C)c2)c1. The fourth-order valence-electron chi connectivity index (χ4n) is 4.36. The predicted molar refractivity (Wildman–Crippen MR) is 126 cm³/mol. The maximum absolute atomic E-state index is 13.3. The number of nitrogens with zero attached hydrogens (tertiary/aromatic N) is 3. The fourth-order valence-corrected chi connectivity index (χ4v) is 4.36. The van der Waals surface area contributed by atoms with Gasteiger partial charge < -0.3 is 20.9 Å². The molecule has 8 heteroatoms. The first-order chi connectivity index (χ1) is 15.6. The lowest BCUT2D eigenvalue weighted by molar-refractivity contribution is -0.153. The Kier molecular flexibility index (Phi) is 5.86. The van der Waals surface area contributed by atoms with Gasteiger partial charge in [0.05, 0.1) is 17.9 Å². The first-order valence-corrected chi connectivity index (χ1v) is 11.3. The number of hydrogen-bond acceptors (Lipinski definition) is 5. The first-order valence-electron chi connectivity index (χ1n) is 11.3. The maximum atomic E-state index is 13.3. The Morgan fingerprint density at radius 2 is 1.85 bits per heavy atom. The van der Waals surface area contributed by atoms with Crippen LogP contribution in [0.5, 0.6) is 0 Å². The van der Waals surface area contributed by atoms with E-state index in [1.807, 2.05) is 49.9 Å². The van der Waals surface area contributed by atoms with Gasteiger partial charge in [0.2, 0.25) is 5.91 Å². The average molecular weight is 450 g/mol. The molecule has 33 heavy (non-hydrogen) atoms. The molecular weight excluding hydrogens is 418 g/mol. The van der Waals surface area contributed by atoms with Crippen molar-refractivity contribution in [1.82, 2.24) is 14.8 Å². The lowest BCUT2D eigenvalue weighted by Crippen LogP contribution is -2.59. The third-order valence-corrected chi connectivity index (χ3v) is 6.77. The Bertz CT molecular complexity index is 1110. The Balaban J connectivity index is 1.60. The highest BCUT2D eigenvalue weighted by molar-refractivity contribution is 6.39. The minimum Gasteiger partial charge on any atom is -0.383 e. The molecule has 0 bridgehead atoms. The van der Waals surface area contributed by atoms with Crippen molar-refractivity contribution < 1.29 is 14.4 Å². The second-order valence-electron chi connectivity index (χ2n) is 9.63. The van der Waals surface area contributed by atoms with Gasteiger partial charge in [-0.15, -0.1) is 0 Å². The van der Waals surface area contributed by atoms with Gasteiger partial charge in [0.15, 0.2) is 0 Å². The number of aromatic nitrogens is 1. The summed E-state index contributed by atoms with van der Waals surface area (Å²) in [6, 6.07) is 8.96. The first kappa shape index (κ1) is 22.8. The van der Waals surface area contributed by atoms with Gasteiger partial charge in [-0.2, -0.15) is 0 Å². The number of nitrogens with two attached hydrogens (primary N) is 1. The van der Waals surface area contributed by atoms with Crippen LogP contribution in [0.15, 0.2) is 36.5 Å². The van der Waals surface area contributed by atoms with Gasteiger partial charge in [-0.05, 0) is 50.8 Å². The molecule has 174 valence electrons. The number of amides is 3. The van der Waals surface area contributed by atoms with Crippen LogP contribution in [0.25, 0.3) is 0 Å². The highest BCUT2D eigenvalue weighted by Gasteiger charge is 2.50. The summed E-state index contributed by atoms with van der Waals surface area (Å²) < 4.78 is 0. The van der Waals surface area contributed by atoms with Crippen LogP contribution in [0, 0.1) is 19.3 Å². The number of rotatable bonds is 3. The quantitative estimate of drug-likeness (QED) is 0.701. The molecule has 3 N–H and O–H groups in total. The molecule has 1 saturated carbocycles. The molecule has 2 heterocycles. The summed E-state index contributed by atoms with van der Waals surface area (Å²) in [7, 11) is 0. The summed E-state index contributed by atoms with van der Waals surface area (Å²) in [6.07, 6.45) is 3.22. The molecule has 1 aliphatic carbocycles. The van der Waals surface area contributed by atoms with Crippen molar-refractivity contribution in [2.45, 2.75) is 52.6 Å². The number of anilines is 2. The summed E-state index contributed by atoms with van der Waals surface area (Å²) in [5, 5.41) is 2.64. The van der Waals surface area contributed by atoms with E-state index in [1.54, 1.807) is 17.9 Å². The minimum absolute atomic E-state index is 0.132. The van der Waals surface area contributed by atoms with Gasteiger partial charge in [0.1, 0.15) is 5.82 Å².